The van der Waals surface area contributed by atoms with Gasteiger partial charge in [0.1, 0.15) is 17.4 Å². The molecule has 138 valence electrons. The van der Waals surface area contributed by atoms with Gasteiger partial charge in [-0.1, -0.05) is 25.4 Å². The third-order valence-electron chi connectivity index (χ3n) is 3.69. The van der Waals surface area contributed by atoms with Crippen LogP contribution in [0.15, 0.2) is 0 Å². The summed E-state index contributed by atoms with van der Waals surface area (Å²) in [5.74, 6) is -0.593. The molecule has 24 heavy (non-hydrogen) atoms. The lowest BCUT2D eigenvalue weighted by Gasteiger charge is -2.20. The molecule has 10 heteroatoms. The average molecular weight is 373 g/mol. The molecule has 1 aromatic rings. The average Bonchev–Trinajstić information content (AvgIpc) is 2.88. The minimum absolute atomic E-state index is 0.311. The largest absolute Gasteiger partial charge is 0.353 e. The fraction of sp³-hybridized carbons (Fsp3) is 0.714. The maximum Gasteiger partial charge on any atom is 0.283 e. The summed E-state index contributed by atoms with van der Waals surface area (Å²) < 4.78 is 52.4. The summed E-state index contributed by atoms with van der Waals surface area (Å²) in [5.41, 5.74) is -1.83. The van der Waals surface area contributed by atoms with E-state index >= 15 is 0 Å². The van der Waals surface area contributed by atoms with E-state index in [9.17, 15) is 22.4 Å². The zero-order valence-corrected chi connectivity index (χ0v) is 14.5. The molecular formula is C14H21ClF4N4O. The summed E-state index contributed by atoms with van der Waals surface area (Å²) >= 11 is 5.57. The molecule has 0 aliphatic heterocycles. The van der Waals surface area contributed by atoms with E-state index in [1.54, 1.807) is 0 Å². The maximum absolute atomic E-state index is 13.1. The number of hydrogen-bond donors (Lipinski definition) is 1. The van der Waals surface area contributed by atoms with E-state index in [0.29, 0.717) is 17.8 Å². The molecule has 0 saturated heterocycles. The fourth-order valence-electron chi connectivity index (χ4n) is 2.21. The van der Waals surface area contributed by atoms with Gasteiger partial charge in [-0.3, -0.25) is 4.79 Å². The molecular weight excluding hydrogens is 352 g/mol. The first kappa shape index (κ1) is 20.7. The topological polar surface area (TPSA) is 50.2 Å². The van der Waals surface area contributed by atoms with Crippen LogP contribution in [0.3, 0.4) is 0 Å². The quantitative estimate of drug-likeness (QED) is 0.676. The molecule has 1 N–H and O–H groups in total. The van der Waals surface area contributed by atoms with Crippen LogP contribution in [0.4, 0.5) is 17.6 Å². The predicted octanol–water partition coefficient (Wildman–Crippen LogP) is 3.43. The van der Waals surface area contributed by atoms with Crippen LogP contribution < -0.4 is 5.32 Å². The Morgan fingerprint density at radius 3 is 2.29 bits per heavy atom. The second-order valence-corrected chi connectivity index (χ2v) is 5.50. The van der Waals surface area contributed by atoms with Crippen molar-refractivity contribution in [3.8, 4) is 0 Å². The number of alkyl halides is 4. The van der Waals surface area contributed by atoms with Crippen LogP contribution in [0, 0.1) is 0 Å². The fourth-order valence-corrected chi connectivity index (χ4v) is 2.50. The van der Waals surface area contributed by atoms with Crippen molar-refractivity contribution < 1.29 is 22.4 Å². The predicted molar refractivity (Wildman–Crippen MR) is 82.7 cm³/mol. The van der Waals surface area contributed by atoms with E-state index in [0.717, 1.165) is 13.1 Å². The molecule has 5 nitrogen and oxygen atoms in total. The van der Waals surface area contributed by atoms with Crippen molar-refractivity contribution in [3.05, 3.63) is 16.4 Å². The van der Waals surface area contributed by atoms with Crippen molar-refractivity contribution in [2.24, 2.45) is 0 Å². The van der Waals surface area contributed by atoms with Gasteiger partial charge < -0.3 is 10.2 Å². The highest BCUT2D eigenvalue weighted by Gasteiger charge is 2.31. The van der Waals surface area contributed by atoms with Gasteiger partial charge in [0.2, 0.25) is 5.91 Å². The minimum atomic E-state index is -3.12. The highest BCUT2D eigenvalue weighted by Crippen LogP contribution is 2.36. The summed E-state index contributed by atoms with van der Waals surface area (Å²) in [7, 11) is 0. The van der Waals surface area contributed by atoms with E-state index in [1.165, 1.54) is 6.92 Å². The zero-order valence-electron chi connectivity index (χ0n) is 13.7. The maximum atomic E-state index is 13.1. The number of amides is 1. The lowest BCUT2D eigenvalue weighted by atomic mass is 10.3. The van der Waals surface area contributed by atoms with Gasteiger partial charge in [-0.25, -0.2) is 22.2 Å². The van der Waals surface area contributed by atoms with Crippen molar-refractivity contribution in [2.75, 3.05) is 26.2 Å². The smallest absolute Gasteiger partial charge is 0.283 e. The first-order chi connectivity index (χ1) is 11.2. The number of carbonyl (C=O) groups is 1. The molecule has 0 radical (unpaired) electrons. The summed E-state index contributed by atoms with van der Waals surface area (Å²) in [6, 6.07) is -1.18. The van der Waals surface area contributed by atoms with Gasteiger partial charge in [-0.15, -0.1) is 0 Å². The van der Waals surface area contributed by atoms with Gasteiger partial charge >= 0.3 is 0 Å². The Hall–Kier alpha value is -1.35. The van der Waals surface area contributed by atoms with E-state index in [-0.39, 0.29) is 0 Å². The molecule has 1 aromatic heterocycles. The summed E-state index contributed by atoms with van der Waals surface area (Å²) in [6.45, 7) is 7.77. The summed E-state index contributed by atoms with van der Waals surface area (Å²) in [6.07, 6.45) is -6.22. The van der Waals surface area contributed by atoms with Crippen LogP contribution in [0.25, 0.3) is 0 Å². The molecule has 1 heterocycles. The number of halogens is 5. The number of likely N-dealkylation sites (N-methyl/N-ethyl adjacent to an activating group) is 1. The van der Waals surface area contributed by atoms with Crippen molar-refractivity contribution in [2.45, 2.75) is 39.7 Å². The monoisotopic (exact) mass is 372 g/mol. The summed E-state index contributed by atoms with van der Waals surface area (Å²) in [5, 5.41) is 5.19. The highest BCUT2D eigenvalue weighted by atomic mass is 35.5. The van der Waals surface area contributed by atoms with Crippen LogP contribution >= 0.6 is 11.6 Å². The first-order valence-corrected chi connectivity index (χ1v) is 7.96. The Balaban J connectivity index is 2.88. The van der Waals surface area contributed by atoms with E-state index in [1.807, 2.05) is 13.8 Å². The van der Waals surface area contributed by atoms with E-state index in [4.69, 9.17) is 11.6 Å². The molecule has 0 aliphatic carbocycles. The number of hydrogen-bond acceptors (Lipinski definition) is 3. The number of nitrogens with zero attached hydrogens (tertiary/aromatic N) is 3. The molecule has 1 unspecified atom stereocenters. The lowest BCUT2D eigenvalue weighted by Crippen LogP contribution is -2.38. The number of nitrogens with one attached hydrogen (secondary N) is 1. The first-order valence-electron chi connectivity index (χ1n) is 7.58. The number of rotatable bonds is 9. The van der Waals surface area contributed by atoms with Crippen molar-refractivity contribution >= 4 is 17.5 Å². The van der Waals surface area contributed by atoms with Crippen LogP contribution in [0.5, 0.6) is 0 Å². The Kier molecular flexibility index (Phi) is 7.95. The molecule has 0 bridgehead atoms. The Labute approximate surface area is 142 Å². The van der Waals surface area contributed by atoms with Crippen LogP contribution in [0.2, 0.25) is 5.02 Å². The van der Waals surface area contributed by atoms with Crippen molar-refractivity contribution in [3.63, 3.8) is 0 Å². The van der Waals surface area contributed by atoms with Gasteiger partial charge in [-0.2, -0.15) is 5.10 Å². The number of aromatic nitrogens is 2. The standard InChI is InChI=1S/C14H21ClF4N4O/c1-4-22(5-2)7-6-20-14(24)8(3)23-11(13(18)19)9(15)10(21-23)12(16)17/h8,12-13H,4-7H2,1-3H3,(H,20,24). The SMILES string of the molecule is CCN(CC)CCNC(=O)C(C)n1nc(C(F)F)c(Cl)c1C(F)F. The zero-order chi connectivity index (χ0) is 18.4. The minimum Gasteiger partial charge on any atom is -0.353 e. The Bertz CT molecular complexity index is 549. The van der Waals surface area contributed by atoms with E-state index in [2.05, 4.69) is 15.3 Å². The molecule has 1 amide bonds. The van der Waals surface area contributed by atoms with Crippen LogP contribution in [-0.2, 0) is 4.79 Å². The second-order valence-electron chi connectivity index (χ2n) is 5.12. The van der Waals surface area contributed by atoms with E-state index < -0.39 is 41.2 Å². The Morgan fingerprint density at radius 2 is 1.83 bits per heavy atom. The lowest BCUT2D eigenvalue weighted by molar-refractivity contribution is -0.124. The summed E-state index contributed by atoms with van der Waals surface area (Å²) in [4.78, 5) is 14.2. The van der Waals surface area contributed by atoms with Crippen molar-refractivity contribution in [1.29, 1.82) is 0 Å². The molecule has 0 fully saturated rings. The third kappa shape index (κ3) is 4.83. The number of carbonyl (C=O) groups excluding carboxylic acids is 1. The van der Waals surface area contributed by atoms with Crippen LogP contribution in [-0.4, -0.2) is 46.8 Å². The highest BCUT2D eigenvalue weighted by molar-refractivity contribution is 6.32. The molecule has 0 aromatic carbocycles. The van der Waals surface area contributed by atoms with Crippen LogP contribution in [0.1, 0.15) is 51.1 Å². The van der Waals surface area contributed by atoms with Gasteiger partial charge in [0.05, 0.1) is 5.02 Å². The molecule has 0 spiro atoms. The molecule has 0 aliphatic rings. The third-order valence-corrected chi connectivity index (χ3v) is 4.08. The molecule has 1 atom stereocenters. The molecule has 0 saturated carbocycles. The van der Waals surface area contributed by atoms with Gasteiger partial charge in [-0.05, 0) is 20.0 Å². The Morgan fingerprint density at radius 1 is 1.25 bits per heavy atom. The van der Waals surface area contributed by atoms with Gasteiger partial charge in [0, 0.05) is 13.1 Å². The second kappa shape index (κ2) is 9.22. The van der Waals surface area contributed by atoms with Gasteiger partial charge in [0.25, 0.3) is 12.9 Å². The van der Waals surface area contributed by atoms with Crippen molar-refractivity contribution in [1.82, 2.24) is 20.0 Å². The molecule has 1 rings (SSSR count). The van der Waals surface area contributed by atoms with Gasteiger partial charge in [0.15, 0.2) is 0 Å². The normalized spacial score (nSPS) is 13.1.